The molecule has 2 aromatic heterocycles. The molecule has 3 aromatic rings. The number of thioether (sulfide) groups is 1. The summed E-state index contributed by atoms with van der Waals surface area (Å²) in [4.78, 5) is 32.0. The molecule has 0 saturated heterocycles. The smallest absolute Gasteiger partial charge is 0.263 e. The molecule has 1 unspecified atom stereocenters. The molecule has 0 fully saturated rings. The highest BCUT2D eigenvalue weighted by Crippen LogP contribution is 2.31. The molecule has 2 heterocycles. The molecule has 28 heavy (non-hydrogen) atoms. The Balaban J connectivity index is 1.88. The number of nitrogens with zero attached hydrogens (tertiary/aromatic N) is 2. The van der Waals surface area contributed by atoms with Gasteiger partial charge in [-0.2, -0.15) is 0 Å². The second-order valence-corrected chi connectivity index (χ2v) is 9.64. The number of rotatable bonds is 5. The summed E-state index contributed by atoms with van der Waals surface area (Å²) in [5, 5.41) is 4.38. The number of aromatic nitrogens is 2. The van der Waals surface area contributed by atoms with Crippen molar-refractivity contribution < 1.29 is 4.79 Å². The van der Waals surface area contributed by atoms with E-state index in [9.17, 15) is 9.59 Å². The van der Waals surface area contributed by atoms with Gasteiger partial charge >= 0.3 is 0 Å². The van der Waals surface area contributed by atoms with E-state index in [1.165, 1.54) is 23.1 Å². The number of hydrogen-bond donors (Lipinski definition) is 1. The van der Waals surface area contributed by atoms with E-state index >= 15 is 0 Å². The number of hydrogen-bond acceptors (Lipinski definition) is 5. The molecule has 0 spiro atoms. The van der Waals surface area contributed by atoms with Crippen molar-refractivity contribution in [2.75, 3.05) is 5.32 Å². The van der Waals surface area contributed by atoms with Gasteiger partial charge in [0.2, 0.25) is 5.91 Å². The number of fused-ring (bicyclic) bond motifs is 1. The highest BCUT2D eigenvalue weighted by molar-refractivity contribution is 8.00. The van der Waals surface area contributed by atoms with E-state index in [1.807, 2.05) is 20.8 Å². The fourth-order valence-corrected chi connectivity index (χ4v) is 5.21. The molecule has 0 aliphatic heterocycles. The van der Waals surface area contributed by atoms with Crippen LogP contribution in [0, 0.1) is 13.8 Å². The van der Waals surface area contributed by atoms with Crippen molar-refractivity contribution in [3.8, 4) is 0 Å². The maximum Gasteiger partial charge on any atom is 0.263 e. The number of carbonyl (C=O) groups excluding carboxylic acids is 1. The van der Waals surface area contributed by atoms with E-state index in [4.69, 9.17) is 23.2 Å². The summed E-state index contributed by atoms with van der Waals surface area (Å²) < 4.78 is 1.62. The van der Waals surface area contributed by atoms with Crippen molar-refractivity contribution in [2.24, 2.45) is 0 Å². The zero-order chi connectivity index (χ0) is 20.6. The molecule has 0 saturated carbocycles. The summed E-state index contributed by atoms with van der Waals surface area (Å²) in [7, 11) is 0. The number of thiophene rings is 1. The van der Waals surface area contributed by atoms with Gasteiger partial charge in [-0.15, -0.1) is 11.3 Å². The molecule has 5 nitrogen and oxygen atoms in total. The number of nitrogens with one attached hydrogen (secondary N) is 1. The van der Waals surface area contributed by atoms with Crippen LogP contribution in [0.5, 0.6) is 0 Å². The predicted molar refractivity (Wildman–Crippen MR) is 119 cm³/mol. The number of amides is 1. The van der Waals surface area contributed by atoms with Crippen LogP contribution in [-0.2, 0) is 11.3 Å². The summed E-state index contributed by atoms with van der Waals surface area (Å²) in [5.41, 5.74) is 1.40. The Hall–Kier alpha value is -1.54. The van der Waals surface area contributed by atoms with Crippen LogP contribution in [0.2, 0.25) is 10.0 Å². The third-order valence-electron chi connectivity index (χ3n) is 4.41. The topological polar surface area (TPSA) is 64.0 Å². The summed E-state index contributed by atoms with van der Waals surface area (Å²) in [6, 6.07) is 4.89. The monoisotopic (exact) mass is 455 g/mol. The molecule has 1 aromatic carbocycles. The quantitative estimate of drug-likeness (QED) is 0.406. The lowest BCUT2D eigenvalue weighted by atomic mass is 10.2. The molecule has 148 valence electrons. The lowest BCUT2D eigenvalue weighted by Gasteiger charge is -2.15. The Morgan fingerprint density at radius 2 is 2.07 bits per heavy atom. The molecular formula is C19H19Cl2N3O2S2. The van der Waals surface area contributed by atoms with Gasteiger partial charge in [-0.05, 0) is 51.5 Å². The Kier molecular flexibility index (Phi) is 6.39. The molecule has 0 aliphatic rings. The minimum absolute atomic E-state index is 0.0646. The number of anilines is 1. The third-order valence-corrected chi connectivity index (χ3v) is 7.15. The Bertz CT molecular complexity index is 1120. The average molecular weight is 456 g/mol. The summed E-state index contributed by atoms with van der Waals surface area (Å²) in [6.45, 7) is 8.07. The van der Waals surface area contributed by atoms with Crippen molar-refractivity contribution in [1.29, 1.82) is 0 Å². The van der Waals surface area contributed by atoms with Gasteiger partial charge in [0, 0.05) is 16.4 Å². The normalized spacial score (nSPS) is 12.4. The molecule has 0 radical (unpaired) electrons. The van der Waals surface area contributed by atoms with Crippen molar-refractivity contribution >= 4 is 68.1 Å². The number of carbonyl (C=O) groups is 1. The maximum atomic E-state index is 12.9. The van der Waals surface area contributed by atoms with E-state index in [-0.39, 0.29) is 11.5 Å². The van der Waals surface area contributed by atoms with Gasteiger partial charge in [-0.3, -0.25) is 14.2 Å². The Morgan fingerprint density at radius 1 is 1.36 bits per heavy atom. The largest absolute Gasteiger partial charge is 0.324 e. The van der Waals surface area contributed by atoms with Crippen molar-refractivity contribution in [2.45, 2.75) is 44.6 Å². The van der Waals surface area contributed by atoms with Crippen LogP contribution in [0.15, 0.2) is 28.2 Å². The summed E-state index contributed by atoms with van der Waals surface area (Å²) in [6.07, 6.45) is 0. The third kappa shape index (κ3) is 4.08. The molecule has 1 N–H and O–H groups in total. The van der Waals surface area contributed by atoms with Crippen LogP contribution in [0.25, 0.3) is 10.2 Å². The van der Waals surface area contributed by atoms with Gasteiger partial charge in [-0.1, -0.05) is 35.0 Å². The molecule has 1 atom stereocenters. The summed E-state index contributed by atoms with van der Waals surface area (Å²) in [5.74, 6) is -0.232. The number of benzene rings is 1. The first-order chi connectivity index (χ1) is 13.2. The number of aryl methyl sites for hydroxylation is 2. The molecule has 3 rings (SSSR count). The standard InChI is InChI=1S/C19H19Cl2N3O2S2/c1-5-24-18(26)15-9(2)10(3)27-17(15)23-19(24)28-11(4)16(25)22-14-7-6-12(20)8-13(14)21/h6-8,11H,5H2,1-4H3,(H,22,25). The van der Waals surface area contributed by atoms with E-state index in [1.54, 1.807) is 29.7 Å². The zero-order valence-corrected chi connectivity index (χ0v) is 18.9. The van der Waals surface area contributed by atoms with Crippen molar-refractivity contribution in [1.82, 2.24) is 9.55 Å². The highest BCUT2D eigenvalue weighted by atomic mass is 35.5. The minimum Gasteiger partial charge on any atom is -0.324 e. The second-order valence-electron chi connectivity index (χ2n) is 6.28. The van der Waals surface area contributed by atoms with E-state index in [0.717, 1.165) is 10.4 Å². The predicted octanol–water partition coefficient (Wildman–Crippen LogP) is 5.52. The lowest BCUT2D eigenvalue weighted by molar-refractivity contribution is -0.115. The van der Waals surface area contributed by atoms with Crippen molar-refractivity contribution in [3.63, 3.8) is 0 Å². The highest BCUT2D eigenvalue weighted by Gasteiger charge is 2.21. The Labute approximate surface area is 181 Å². The van der Waals surface area contributed by atoms with Crippen LogP contribution in [0.1, 0.15) is 24.3 Å². The van der Waals surface area contributed by atoms with Gasteiger partial charge < -0.3 is 5.32 Å². The fraction of sp³-hybridized carbons (Fsp3) is 0.316. The molecular weight excluding hydrogens is 437 g/mol. The average Bonchev–Trinajstić information content (AvgIpc) is 2.91. The molecule has 0 bridgehead atoms. The SMILES string of the molecule is CCn1c(SC(C)C(=O)Nc2ccc(Cl)cc2Cl)nc2sc(C)c(C)c2c1=O. The molecule has 9 heteroatoms. The van der Waals surface area contributed by atoms with E-state index in [2.05, 4.69) is 10.3 Å². The summed E-state index contributed by atoms with van der Waals surface area (Å²) >= 11 is 14.8. The second kappa shape index (κ2) is 8.45. The first-order valence-electron chi connectivity index (χ1n) is 8.66. The number of halogens is 2. The van der Waals surface area contributed by atoms with Gasteiger partial charge in [0.15, 0.2) is 5.16 Å². The Morgan fingerprint density at radius 3 is 2.71 bits per heavy atom. The minimum atomic E-state index is -0.476. The van der Waals surface area contributed by atoms with E-state index < -0.39 is 5.25 Å². The van der Waals surface area contributed by atoms with E-state index in [0.29, 0.717) is 37.7 Å². The molecule has 0 aliphatic carbocycles. The van der Waals surface area contributed by atoms with Crippen LogP contribution in [-0.4, -0.2) is 20.7 Å². The van der Waals surface area contributed by atoms with Gasteiger partial charge in [0.05, 0.1) is 21.3 Å². The van der Waals surface area contributed by atoms with Crippen LogP contribution in [0.4, 0.5) is 5.69 Å². The van der Waals surface area contributed by atoms with Crippen LogP contribution in [0.3, 0.4) is 0 Å². The fourth-order valence-electron chi connectivity index (χ4n) is 2.71. The van der Waals surface area contributed by atoms with Gasteiger partial charge in [0.1, 0.15) is 4.83 Å². The van der Waals surface area contributed by atoms with Gasteiger partial charge in [-0.25, -0.2) is 4.98 Å². The maximum absolute atomic E-state index is 12.9. The van der Waals surface area contributed by atoms with Crippen LogP contribution < -0.4 is 10.9 Å². The first-order valence-corrected chi connectivity index (χ1v) is 11.1. The van der Waals surface area contributed by atoms with Gasteiger partial charge in [0.25, 0.3) is 5.56 Å². The molecule has 1 amide bonds. The first kappa shape index (κ1) is 21.2. The lowest BCUT2D eigenvalue weighted by Crippen LogP contribution is -2.26. The van der Waals surface area contributed by atoms with Crippen LogP contribution >= 0.6 is 46.3 Å². The van der Waals surface area contributed by atoms with Crippen molar-refractivity contribution in [3.05, 3.63) is 49.0 Å². The zero-order valence-electron chi connectivity index (χ0n) is 15.8.